The number of fused-ring (bicyclic) bond motifs is 2. The Balaban J connectivity index is 1.72. The fourth-order valence-electron chi connectivity index (χ4n) is 2.23. The number of aromatic nitrogens is 2. The Morgan fingerprint density at radius 2 is 1.95 bits per heavy atom. The Labute approximate surface area is 124 Å². The maximum absolute atomic E-state index is 5.75. The molecular formula is C14H12N4O2S. The summed E-state index contributed by atoms with van der Waals surface area (Å²) < 4.78 is 11.1. The van der Waals surface area contributed by atoms with E-state index in [1.807, 2.05) is 29.6 Å². The van der Waals surface area contributed by atoms with Crippen LogP contribution in [0.5, 0.6) is 11.5 Å². The summed E-state index contributed by atoms with van der Waals surface area (Å²) in [5.74, 6) is 2.44. The van der Waals surface area contributed by atoms with Crippen molar-refractivity contribution in [1.29, 1.82) is 0 Å². The molecule has 0 spiro atoms. The van der Waals surface area contributed by atoms with Crippen molar-refractivity contribution < 1.29 is 9.47 Å². The molecule has 0 unspecified atom stereocenters. The van der Waals surface area contributed by atoms with Gasteiger partial charge in [-0.05, 0) is 23.6 Å². The third-order valence-corrected chi connectivity index (χ3v) is 3.95. The molecule has 1 aliphatic rings. The van der Waals surface area contributed by atoms with Gasteiger partial charge in [0.25, 0.3) is 0 Å². The van der Waals surface area contributed by atoms with Crippen molar-refractivity contribution >= 4 is 39.0 Å². The Morgan fingerprint density at radius 1 is 1.10 bits per heavy atom. The van der Waals surface area contributed by atoms with Crippen LogP contribution in [0.1, 0.15) is 0 Å². The predicted octanol–water partition coefficient (Wildman–Crippen LogP) is 2.79. The molecule has 0 aliphatic carbocycles. The molecule has 0 radical (unpaired) electrons. The molecule has 21 heavy (non-hydrogen) atoms. The lowest BCUT2D eigenvalue weighted by Gasteiger charge is -2.19. The molecule has 2 aromatic heterocycles. The number of hydrogen-bond acceptors (Lipinski definition) is 7. The lowest BCUT2D eigenvalue weighted by Crippen LogP contribution is -2.15. The molecule has 1 aromatic carbocycles. The standard InChI is InChI=1S/C14H12N4O2S/c15-14-17-12(9-3-6-21-13(9)18-14)16-8-1-2-10-11(7-8)20-5-4-19-10/h1-3,6-7H,4-5H2,(H3,15,16,17,18). The maximum Gasteiger partial charge on any atom is 0.223 e. The third-order valence-electron chi connectivity index (χ3n) is 3.15. The van der Waals surface area contributed by atoms with E-state index in [-0.39, 0.29) is 5.95 Å². The molecule has 0 saturated carbocycles. The first kappa shape index (κ1) is 12.2. The Hall–Kier alpha value is -2.54. The van der Waals surface area contributed by atoms with Crippen LogP contribution >= 0.6 is 11.3 Å². The average Bonchev–Trinajstić information content (AvgIpc) is 2.95. The largest absolute Gasteiger partial charge is 0.486 e. The SMILES string of the molecule is Nc1nc(Nc2ccc3c(c2)OCCO3)c2ccsc2n1. The van der Waals surface area contributed by atoms with E-state index in [1.54, 1.807) is 0 Å². The molecule has 1 aliphatic heterocycles. The quantitative estimate of drug-likeness (QED) is 0.757. The van der Waals surface area contributed by atoms with Gasteiger partial charge in [-0.3, -0.25) is 0 Å². The number of anilines is 3. The Morgan fingerprint density at radius 3 is 2.86 bits per heavy atom. The van der Waals surface area contributed by atoms with Gasteiger partial charge in [-0.25, -0.2) is 4.98 Å². The number of nitrogens with one attached hydrogen (secondary N) is 1. The van der Waals surface area contributed by atoms with E-state index in [1.165, 1.54) is 11.3 Å². The van der Waals surface area contributed by atoms with Crippen molar-refractivity contribution in [3.8, 4) is 11.5 Å². The smallest absolute Gasteiger partial charge is 0.223 e. The number of thiophene rings is 1. The average molecular weight is 300 g/mol. The van der Waals surface area contributed by atoms with Gasteiger partial charge in [0.2, 0.25) is 5.95 Å². The monoisotopic (exact) mass is 300 g/mol. The molecule has 0 bridgehead atoms. The van der Waals surface area contributed by atoms with Crippen LogP contribution in [0.25, 0.3) is 10.2 Å². The highest BCUT2D eigenvalue weighted by molar-refractivity contribution is 7.16. The second-order valence-electron chi connectivity index (χ2n) is 4.55. The summed E-state index contributed by atoms with van der Waals surface area (Å²) in [7, 11) is 0. The topological polar surface area (TPSA) is 82.3 Å². The molecule has 106 valence electrons. The van der Waals surface area contributed by atoms with Gasteiger partial charge < -0.3 is 20.5 Å². The number of nitrogens with zero attached hydrogens (tertiary/aromatic N) is 2. The molecule has 6 nitrogen and oxygen atoms in total. The van der Waals surface area contributed by atoms with Gasteiger partial charge in [0.05, 0.1) is 5.39 Å². The molecule has 4 rings (SSSR count). The lowest BCUT2D eigenvalue weighted by molar-refractivity contribution is 0.171. The van der Waals surface area contributed by atoms with E-state index < -0.39 is 0 Å². The maximum atomic E-state index is 5.75. The molecule has 0 atom stereocenters. The predicted molar refractivity (Wildman–Crippen MR) is 82.5 cm³/mol. The summed E-state index contributed by atoms with van der Waals surface area (Å²) in [6, 6.07) is 7.67. The summed E-state index contributed by atoms with van der Waals surface area (Å²) in [4.78, 5) is 9.34. The van der Waals surface area contributed by atoms with Crippen molar-refractivity contribution in [2.45, 2.75) is 0 Å². The number of rotatable bonds is 2. The molecule has 0 amide bonds. The van der Waals surface area contributed by atoms with Crippen molar-refractivity contribution in [1.82, 2.24) is 9.97 Å². The van der Waals surface area contributed by atoms with Crippen LogP contribution in [-0.2, 0) is 0 Å². The molecule has 0 fully saturated rings. The van der Waals surface area contributed by atoms with Gasteiger partial charge in [0, 0.05) is 11.8 Å². The van der Waals surface area contributed by atoms with E-state index in [9.17, 15) is 0 Å². The number of ether oxygens (including phenoxy) is 2. The van der Waals surface area contributed by atoms with Crippen LogP contribution in [-0.4, -0.2) is 23.2 Å². The lowest BCUT2D eigenvalue weighted by atomic mass is 10.2. The second kappa shape index (κ2) is 4.78. The number of hydrogen-bond donors (Lipinski definition) is 2. The first-order valence-electron chi connectivity index (χ1n) is 6.47. The highest BCUT2D eigenvalue weighted by Gasteiger charge is 2.13. The zero-order valence-electron chi connectivity index (χ0n) is 11.0. The minimum atomic E-state index is 0.255. The van der Waals surface area contributed by atoms with E-state index in [4.69, 9.17) is 15.2 Å². The fourth-order valence-corrected chi connectivity index (χ4v) is 3.00. The second-order valence-corrected chi connectivity index (χ2v) is 5.45. The molecule has 3 heterocycles. The zero-order chi connectivity index (χ0) is 14.2. The van der Waals surface area contributed by atoms with Crippen LogP contribution in [0.15, 0.2) is 29.6 Å². The number of benzene rings is 1. The van der Waals surface area contributed by atoms with Gasteiger partial charge >= 0.3 is 0 Å². The first-order valence-corrected chi connectivity index (χ1v) is 7.35. The summed E-state index contributed by atoms with van der Waals surface area (Å²) in [5, 5.41) is 6.18. The molecule has 0 saturated heterocycles. The molecule has 3 N–H and O–H groups in total. The number of nitrogens with two attached hydrogens (primary N) is 1. The highest BCUT2D eigenvalue weighted by atomic mass is 32.1. The van der Waals surface area contributed by atoms with Crippen molar-refractivity contribution in [2.75, 3.05) is 24.3 Å². The normalized spacial score (nSPS) is 13.3. The minimum absolute atomic E-state index is 0.255. The Bertz CT molecular complexity index is 818. The third kappa shape index (κ3) is 2.21. The van der Waals surface area contributed by atoms with Crippen LogP contribution in [0.4, 0.5) is 17.5 Å². The molecule has 3 aromatic rings. The van der Waals surface area contributed by atoms with Gasteiger partial charge in [-0.1, -0.05) is 0 Å². The van der Waals surface area contributed by atoms with Crippen molar-refractivity contribution in [2.24, 2.45) is 0 Å². The van der Waals surface area contributed by atoms with E-state index in [0.29, 0.717) is 19.0 Å². The highest BCUT2D eigenvalue weighted by Crippen LogP contribution is 2.34. The van der Waals surface area contributed by atoms with E-state index in [2.05, 4.69) is 15.3 Å². The molecular weight excluding hydrogens is 288 g/mol. The zero-order valence-corrected chi connectivity index (χ0v) is 11.8. The van der Waals surface area contributed by atoms with E-state index >= 15 is 0 Å². The van der Waals surface area contributed by atoms with Gasteiger partial charge in [-0.15, -0.1) is 11.3 Å². The summed E-state index contributed by atoms with van der Waals surface area (Å²) in [6.45, 7) is 1.14. The molecule has 7 heteroatoms. The first-order chi connectivity index (χ1) is 10.3. The van der Waals surface area contributed by atoms with Crippen LogP contribution in [0.3, 0.4) is 0 Å². The van der Waals surface area contributed by atoms with Gasteiger partial charge in [0.15, 0.2) is 11.5 Å². The van der Waals surface area contributed by atoms with Crippen LogP contribution in [0.2, 0.25) is 0 Å². The Kier molecular flexibility index (Phi) is 2.78. The van der Waals surface area contributed by atoms with Crippen molar-refractivity contribution in [3.05, 3.63) is 29.6 Å². The van der Waals surface area contributed by atoms with Gasteiger partial charge in [0.1, 0.15) is 23.9 Å². The number of nitrogen functional groups attached to an aromatic ring is 1. The fraction of sp³-hybridized carbons (Fsp3) is 0.143. The van der Waals surface area contributed by atoms with Crippen LogP contribution in [0, 0.1) is 0 Å². The minimum Gasteiger partial charge on any atom is -0.486 e. The summed E-state index contributed by atoms with van der Waals surface area (Å²) in [5.41, 5.74) is 6.61. The van der Waals surface area contributed by atoms with Crippen molar-refractivity contribution in [3.63, 3.8) is 0 Å². The van der Waals surface area contributed by atoms with Crippen LogP contribution < -0.4 is 20.5 Å². The summed E-state index contributed by atoms with van der Waals surface area (Å²) >= 11 is 1.53. The van der Waals surface area contributed by atoms with E-state index in [0.717, 1.165) is 27.4 Å². The van der Waals surface area contributed by atoms with Gasteiger partial charge in [-0.2, -0.15) is 4.98 Å². The summed E-state index contributed by atoms with van der Waals surface area (Å²) in [6.07, 6.45) is 0.